The van der Waals surface area contributed by atoms with Gasteiger partial charge in [-0.1, -0.05) is 90.5 Å². The van der Waals surface area contributed by atoms with Crippen LogP contribution in [0.5, 0.6) is 0 Å². The van der Waals surface area contributed by atoms with E-state index in [0.717, 1.165) is 29.1 Å². The van der Waals surface area contributed by atoms with E-state index < -0.39 is 12.1 Å². The number of carbonyl (C=O) groups is 2. The van der Waals surface area contributed by atoms with E-state index in [0.29, 0.717) is 31.7 Å². The SMILES string of the molecule is Cc1ccc(CSCC[C@@H](N)C(=O)N2Cc3ccccc3C2)cc1.N[C@@H](C(=O)N1Cc2ccccc2C1)c1ccc(F)cc1. The first-order valence-electron chi connectivity index (χ1n) is 14.9. The van der Waals surface area contributed by atoms with E-state index in [9.17, 15) is 14.0 Å². The monoisotopic (exact) mass is 610 g/mol. The van der Waals surface area contributed by atoms with Crippen LogP contribution in [-0.4, -0.2) is 33.4 Å². The summed E-state index contributed by atoms with van der Waals surface area (Å²) in [5.41, 5.74) is 20.2. The highest BCUT2D eigenvalue weighted by molar-refractivity contribution is 7.98. The number of fused-ring (bicyclic) bond motifs is 2. The maximum atomic E-state index is 12.9. The molecular weight excluding hydrogens is 571 g/mol. The van der Waals surface area contributed by atoms with Gasteiger partial charge in [0, 0.05) is 31.9 Å². The smallest absolute Gasteiger partial charge is 0.244 e. The number of hydrogen-bond donors (Lipinski definition) is 2. The number of aryl methyl sites for hydroxylation is 1. The highest BCUT2D eigenvalue weighted by atomic mass is 32.2. The lowest BCUT2D eigenvalue weighted by Gasteiger charge is -2.20. The van der Waals surface area contributed by atoms with Crippen molar-refractivity contribution in [2.24, 2.45) is 11.5 Å². The number of benzene rings is 4. The molecule has 2 atom stereocenters. The Morgan fingerprint density at radius 2 is 1.20 bits per heavy atom. The Labute approximate surface area is 263 Å². The van der Waals surface area contributed by atoms with Crippen LogP contribution in [0.3, 0.4) is 0 Å². The van der Waals surface area contributed by atoms with E-state index in [1.54, 1.807) is 17.0 Å². The minimum atomic E-state index is -0.745. The highest BCUT2D eigenvalue weighted by Gasteiger charge is 2.28. The zero-order valence-corrected chi connectivity index (χ0v) is 25.8. The van der Waals surface area contributed by atoms with Gasteiger partial charge in [-0.2, -0.15) is 11.8 Å². The van der Waals surface area contributed by atoms with Crippen molar-refractivity contribution in [3.8, 4) is 0 Å². The minimum Gasteiger partial charge on any atom is -0.333 e. The molecule has 2 heterocycles. The van der Waals surface area contributed by atoms with Crippen molar-refractivity contribution in [1.82, 2.24) is 9.80 Å². The van der Waals surface area contributed by atoms with Gasteiger partial charge in [-0.3, -0.25) is 9.59 Å². The highest BCUT2D eigenvalue weighted by Crippen LogP contribution is 2.26. The molecule has 2 aliphatic rings. The quantitative estimate of drug-likeness (QED) is 0.244. The van der Waals surface area contributed by atoms with Crippen molar-refractivity contribution in [3.05, 3.63) is 142 Å². The Morgan fingerprint density at radius 1 is 0.727 bits per heavy atom. The molecular formula is C36H39FN4O2S. The van der Waals surface area contributed by atoms with Gasteiger partial charge in [-0.05, 0) is 64.6 Å². The molecule has 8 heteroatoms. The molecule has 0 unspecified atom stereocenters. The number of nitrogens with zero attached hydrogens (tertiary/aromatic N) is 2. The molecule has 0 spiro atoms. The Bertz CT molecular complexity index is 1530. The zero-order valence-electron chi connectivity index (χ0n) is 25.0. The largest absolute Gasteiger partial charge is 0.333 e. The lowest BCUT2D eigenvalue weighted by molar-refractivity contribution is -0.134. The zero-order chi connectivity index (χ0) is 31.1. The molecule has 0 fully saturated rings. The molecule has 6 rings (SSSR count). The second kappa shape index (κ2) is 14.7. The second-order valence-electron chi connectivity index (χ2n) is 11.4. The first kappa shape index (κ1) is 31.4. The van der Waals surface area contributed by atoms with Crippen LogP contribution < -0.4 is 11.5 Å². The molecule has 6 nitrogen and oxygen atoms in total. The molecule has 0 saturated carbocycles. The third-order valence-corrected chi connectivity index (χ3v) is 9.14. The Hall–Kier alpha value is -3.98. The standard InChI is InChI=1S/C20H24N2OS.C16H15FN2O/c1-15-6-8-16(9-7-15)14-24-11-10-19(21)20(23)22-12-17-4-2-3-5-18(17)13-22;17-14-7-5-11(6-8-14)15(18)16(20)19-9-12-3-1-2-4-13(12)10-19/h2-9,19H,10-14,21H2,1H3;1-8,15H,9-10,18H2/t19-;15-/m11/s1. The predicted octanol–water partition coefficient (Wildman–Crippen LogP) is 5.86. The number of nitrogens with two attached hydrogens (primary N) is 2. The van der Waals surface area contributed by atoms with Crippen molar-refractivity contribution in [2.75, 3.05) is 5.75 Å². The molecule has 0 radical (unpaired) electrons. The summed E-state index contributed by atoms with van der Waals surface area (Å²) in [6.45, 7) is 4.66. The average molecular weight is 611 g/mol. The van der Waals surface area contributed by atoms with Crippen LogP contribution in [0.4, 0.5) is 4.39 Å². The van der Waals surface area contributed by atoms with Gasteiger partial charge in [0.25, 0.3) is 0 Å². The second-order valence-corrected chi connectivity index (χ2v) is 12.5. The Kier molecular flexibility index (Phi) is 10.5. The molecule has 228 valence electrons. The van der Waals surface area contributed by atoms with Gasteiger partial charge in [0.2, 0.25) is 11.8 Å². The predicted molar refractivity (Wildman–Crippen MR) is 175 cm³/mol. The molecule has 0 bridgehead atoms. The molecule has 2 amide bonds. The van der Waals surface area contributed by atoms with Crippen molar-refractivity contribution < 1.29 is 14.0 Å². The van der Waals surface area contributed by atoms with E-state index in [2.05, 4.69) is 43.3 Å². The van der Waals surface area contributed by atoms with Crippen molar-refractivity contribution >= 4 is 23.6 Å². The van der Waals surface area contributed by atoms with E-state index in [1.165, 1.54) is 34.4 Å². The summed E-state index contributed by atoms with van der Waals surface area (Å²) < 4.78 is 12.9. The van der Waals surface area contributed by atoms with Gasteiger partial charge in [-0.25, -0.2) is 4.39 Å². The van der Waals surface area contributed by atoms with Gasteiger partial charge >= 0.3 is 0 Å². The average Bonchev–Trinajstić information content (AvgIpc) is 3.68. The number of rotatable bonds is 8. The third kappa shape index (κ3) is 7.94. The fourth-order valence-electron chi connectivity index (χ4n) is 5.43. The molecule has 4 aromatic rings. The minimum absolute atomic E-state index is 0.0714. The third-order valence-electron chi connectivity index (χ3n) is 8.08. The normalized spacial score (nSPS) is 14.7. The number of carbonyl (C=O) groups excluding carboxylic acids is 2. The van der Waals surface area contributed by atoms with Crippen LogP contribution in [0, 0.1) is 12.7 Å². The fourth-order valence-corrected chi connectivity index (χ4v) is 6.42. The van der Waals surface area contributed by atoms with Crippen LogP contribution >= 0.6 is 11.8 Å². The van der Waals surface area contributed by atoms with Gasteiger partial charge in [0.15, 0.2) is 0 Å². The van der Waals surface area contributed by atoms with Gasteiger partial charge < -0.3 is 21.3 Å². The number of amides is 2. The first-order chi connectivity index (χ1) is 21.3. The molecule has 4 N–H and O–H groups in total. The summed E-state index contributed by atoms with van der Waals surface area (Å²) in [4.78, 5) is 28.5. The number of thioether (sulfide) groups is 1. The summed E-state index contributed by atoms with van der Waals surface area (Å²) in [6, 6.07) is 29.4. The van der Waals surface area contributed by atoms with Crippen molar-refractivity contribution in [2.45, 2.75) is 57.4 Å². The summed E-state index contributed by atoms with van der Waals surface area (Å²) in [5.74, 6) is 1.48. The molecule has 0 saturated heterocycles. The van der Waals surface area contributed by atoms with E-state index in [4.69, 9.17) is 11.5 Å². The lowest BCUT2D eigenvalue weighted by atomic mass is 10.1. The number of hydrogen-bond acceptors (Lipinski definition) is 5. The fraction of sp³-hybridized carbons (Fsp3) is 0.278. The van der Waals surface area contributed by atoms with Gasteiger partial charge in [0.1, 0.15) is 11.9 Å². The summed E-state index contributed by atoms with van der Waals surface area (Å²) in [7, 11) is 0. The maximum absolute atomic E-state index is 12.9. The van der Waals surface area contributed by atoms with E-state index in [1.807, 2.05) is 53.1 Å². The summed E-state index contributed by atoms with van der Waals surface area (Å²) in [6.07, 6.45) is 0.724. The van der Waals surface area contributed by atoms with Crippen LogP contribution in [0.2, 0.25) is 0 Å². The molecule has 2 aliphatic heterocycles. The van der Waals surface area contributed by atoms with E-state index in [-0.39, 0.29) is 17.6 Å². The van der Waals surface area contributed by atoms with Crippen LogP contribution in [0.25, 0.3) is 0 Å². The first-order valence-corrected chi connectivity index (χ1v) is 16.0. The van der Waals surface area contributed by atoms with Crippen molar-refractivity contribution in [1.29, 1.82) is 0 Å². The topological polar surface area (TPSA) is 92.7 Å². The van der Waals surface area contributed by atoms with Crippen molar-refractivity contribution in [3.63, 3.8) is 0 Å². The van der Waals surface area contributed by atoms with Crippen LogP contribution in [-0.2, 0) is 41.5 Å². The molecule has 0 aromatic heterocycles. The lowest BCUT2D eigenvalue weighted by Crippen LogP contribution is -2.41. The van der Waals surface area contributed by atoms with E-state index >= 15 is 0 Å². The van der Waals surface area contributed by atoms with Crippen LogP contribution in [0.15, 0.2) is 97.1 Å². The molecule has 4 aromatic carbocycles. The molecule has 0 aliphatic carbocycles. The van der Waals surface area contributed by atoms with Gasteiger partial charge in [-0.15, -0.1) is 0 Å². The number of halogens is 1. The maximum Gasteiger partial charge on any atom is 0.244 e. The van der Waals surface area contributed by atoms with Crippen LogP contribution in [0.1, 0.15) is 51.4 Å². The summed E-state index contributed by atoms with van der Waals surface area (Å²) in [5, 5.41) is 0. The Morgan fingerprint density at radius 3 is 1.70 bits per heavy atom. The summed E-state index contributed by atoms with van der Waals surface area (Å²) >= 11 is 1.84. The Balaban J connectivity index is 0.000000177. The molecule has 44 heavy (non-hydrogen) atoms. The van der Waals surface area contributed by atoms with Gasteiger partial charge in [0.05, 0.1) is 6.04 Å².